The van der Waals surface area contributed by atoms with Gasteiger partial charge in [-0.05, 0) is 49.2 Å². The van der Waals surface area contributed by atoms with Crippen LogP contribution in [-0.4, -0.2) is 29.1 Å². The van der Waals surface area contributed by atoms with Crippen molar-refractivity contribution in [3.05, 3.63) is 61.6 Å². The van der Waals surface area contributed by atoms with Crippen molar-refractivity contribution >= 4 is 44.6 Å². The van der Waals surface area contributed by atoms with Crippen LogP contribution in [0, 0.1) is 11.3 Å². The van der Waals surface area contributed by atoms with Crippen molar-refractivity contribution in [3.63, 3.8) is 0 Å². The highest BCUT2D eigenvalue weighted by Crippen LogP contribution is 2.36. The molecule has 0 aliphatic rings. The summed E-state index contributed by atoms with van der Waals surface area (Å²) in [4.78, 5) is 17.9. The van der Waals surface area contributed by atoms with E-state index in [1.807, 2.05) is 39.0 Å². The minimum absolute atomic E-state index is 0.0252. The summed E-state index contributed by atoms with van der Waals surface area (Å²) >= 11 is 9.76. The summed E-state index contributed by atoms with van der Waals surface area (Å²) in [5, 5.41) is 14.0. The van der Waals surface area contributed by atoms with Gasteiger partial charge >= 0.3 is 0 Å². The van der Waals surface area contributed by atoms with Gasteiger partial charge in [-0.15, -0.1) is 0 Å². The number of aromatic nitrogens is 2. The summed E-state index contributed by atoms with van der Waals surface area (Å²) in [5.74, 6) is 1.29. The number of rotatable bonds is 8. The molecule has 32 heavy (non-hydrogen) atoms. The Hall–Kier alpha value is -2.89. The van der Waals surface area contributed by atoms with Crippen molar-refractivity contribution in [2.24, 2.45) is 5.10 Å². The molecule has 0 aliphatic carbocycles. The summed E-state index contributed by atoms with van der Waals surface area (Å²) in [5.41, 5.74) is 0.979. The van der Waals surface area contributed by atoms with E-state index in [0.29, 0.717) is 40.4 Å². The van der Waals surface area contributed by atoms with Gasteiger partial charge in [0.25, 0.3) is 5.56 Å². The number of hydrogen-bond donors (Lipinski definition) is 0. The fourth-order valence-electron chi connectivity index (χ4n) is 3.07. The van der Waals surface area contributed by atoms with Gasteiger partial charge in [-0.3, -0.25) is 4.79 Å². The van der Waals surface area contributed by atoms with E-state index in [9.17, 15) is 4.79 Å². The van der Waals surface area contributed by atoms with Gasteiger partial charge in [-0.1, -0.05) is 41.4 Å². The van der Waals surface area contributed by atoms with Crippen LogP contribution in [0.3, 0.4) is 0 Å². The van der Waals surface area contributed by atoms with Crippen LogP contribution in [0.25, 0.3) is 10.9 Å². The molecule has 0 saturated carbocycles. The SMILES string of the molecule is CCOc1cc(C=Nn2c([C@H](C)CC)nc3ccc(Br)cc3c2=O)cc(Cl)c1OCC#N. The minimum Gasteiger partial charge on any atom is -0.490 e. The molecule has 0 saturated heterocycles. The second-order valence-electron chi connectivity index (χ2n) is 7.01. The summed E-state index contributed by atoms with van der Waals surface area (Å²) < 4.78 is 13.1. The minimum atomic E-state index is -0.257. The third-order valence-electron chi connectivity index (χ3n) is 4.82. The number of hydrogen-bond acceptors (Lipinski definition) is 6. The molecule has 2 aromatic carbocycles. The maximum absolute atomic E-state index is 13.2. The molecule has 1 heterocycles. The first-order chi connectivity index (χ1) is 15.4. The van der Waals surface area contributed by atoms with Crippen LogP contribution in [-0.2, 0) is 0 Å². The van der Waals surface area contributed by atoms with Crippen molar-refractivity contribution in [1.82, 2.24) is 9.66 Å². The molecule has 3 aromatic rings. The lowest BCUT2D eigenvalue weighted by Crippen LogP contribution is -2.23. The van der Waals surface area contributed by atoms with Crippen LogP contribution in [0.5, 0.6) is 11.5 Å². The van der Waals surface area contributed by atoms with E-state index >= 15 is 0 Å². The smallest absolute Gasteiger partial charge is 0.282 e. The summed E-state index contributed by atoms with van der Waals surface area (Å²) in [6.07, 6.45) is 2.33. The molecular formula is C23H22BrClN4O3. The Balaban J connectivity index is 2.12. The molecule has 0 bridgehead atoms. The molecule has 1 atom stereocenters. The Morgan fingerprint density at radius 3 is 2.78 bits per heavy atom. The number of nitrogens with zero attached hydrogens (tertiary/aromatic N) is 4. The van der Waals surface area contributed by atoms with E-state index < -0.39 is 0 Å². The molecule has 0 N–H and O–H groups in total. The van der Waals surface area contributed by atoms with Gasteiger partial charge in [0.15, 0.2) is 18.1 Å². The predicted molar refractivity (Wildman–Crippen MR) is 129 cm³/mol. The van der Waals surface area contributed by atoms with Gasteiger partial charge in [0.1, 0.15) is 11.9 Å². The average Bonchev–Trinajstić information content (AvgIpc) is 2.78. The first-order valence-electron chi connectivity index (χ1n) is 10.1. The van der Waals surface area contributed by atoms with Crippen LogP contribution in [0.15, 0.2) is 44.7 Å². The van der Waals surface area contributed by atoms with Crippen molar-refractivity contribution in [2.45, 2.75) is 33.1 Å². The van der Waals surface area contributed by atoms with Crippen LogP contribution in [0.4, 0.5) is 0 Å². The zero-order valence-corrected chi connectivity index (χ0v) is 20.3. The van der Waals surface area contributed by atoms with E-state index in [4.69, 9.17) is 31.3 Å². The van der Waals surface area contributed by atoms with Crippen molar-refractivity contribution in [3.8, 4) is 17.6 Å². The molecular weight excluding hydrogens is 496 g/mol. The number of halogens is 2. The Labute approximate surface area is 199 Å². The van der Waals surface area contributed by atoms with Crippen LogP contribution < -0.4 is 15.0 Å². The molecule has 9 heteroatoms. The summed E-state index contributed by atoms with van der Waals surface area (Å²) in [7, 11) is 0. The van der Waals surface area contributed by atoms with Gasteiger partial charge in [0.05, 0.1) is 28.7 Å². The molecule has 0 unspecified atom stereocenters. The lowest BCUT2D eigenvalue weighted by Gasteiger charge is -2.14. The van der Waals surface area contributed by atoms with Gasteiger partial charge < -0.3 is 9.47 Å². The monoisotopic (exact) mass is 516 g/mol. The molecule has 0 spiro atoms. The number of ether oxygens (including phenoxy) is 2. The molecule has 1 aromatic heterocycles. The lowest BCUT2D eigenvalue weighted by atomic mass is 10.1. The first kappa shape index (κ1) is 23.8. The number of benzene rings is 2. The largest absolute Gasteiger partial charge is 0.490 e. The highest BCUT2D eigenvalue weighted by Gasteiger charge is 2.16. The molecule has 3 rings (SSSR count). The van der Waals surface area contributed by atoms with Gasteiger partial charge in [0.2, 0.25) is 0 Å². The Morgan fingerprint density at radius 2 is 2.09 bits per heavy atom. The zero-order chi connectivity index (χ0) is 23.3. The van der Waals surface area contributed by atoms with E-state index in [2.05, 4.69) is 21.0 Å². The third kappa shape index (κ3) is 5.12. The average molecular weight is 518 g/mol. The van der Waals surface area contributed by atoms with E-state index in [-0.39, 0.29) is 23.1 Å². The van der Waals surface area contributed by atoms with E-state index in [1.165, 1.54) is 10.9 Å². The van der Waals surface area contributed by atoms with Gasteiger partial charge in [-0.2, -0.15) is 15.0 Å². The highest BCUT2D eigenvalue weighted by atomic mass is 79.9. The van der Waals surface area contributed by atoms with Crippen LogP contribution in [0.1, 0.15) is 44.5 Å². The Morgan fingerprint density at radius 1 is 1.31 bits per heavy atom. The molecule has 0 aliphatic heterocycles. The highest BCUT2D eigenvalue weighted by molar-refractivity contribution is 9.10. The second kappa shape index (κ2) is 10.6. The fraction of sp³-hybridized carbons (Fsp3) is 0.304. The third-order valence-corrected chi connectivity index (χ3v) is 5.60. The fourth-order valence-corrected chi connectivity index (χ4v) is 3.71. The Bertz CT molecular complexity index is 1270. The number of nitriles is 1. The lowest BCUT2D eigenvalue weighted by molar-refractivity contribution is 0.299. The van der Waals surface area contributed by atoms with Crippen molar-refractivity contribution in [1.29, 1.82) is 5.26 Å². The topological polar surface area (TPSA) is 89.5 Å². The summed E-state index contributed by atoms with van der Waals surface area (Å²) in [6.45, 7) is 6.11. The van der Waals surface area contributed by atoms with Crippen LogP contribution >= 0.6 is 27.5 Å². The van der Waals surface area contributed by atoms with Crippen LogP contribution in [0.2, 0.25) is 5.02 Å². The van der Waals surface area contributed by atoms with Gasteiger partial charge in [0, 0.05) is 10.4 Å². The van der Waals surface area contributed by atoms with Gasteiger partial charge in [-0.25, -0.2) is 4.98 Å². The first-order valence-corrected chi connectivity index (χ1v) is 11.3. The number of fused-ring (bicyclic) bond motifs is 1. The Kier molecular flexibility index (Phi) is 7.89. The molecule has 7 nitrogen and oxygen atoms in total. The van der Waals surface area contributed by atoms with E-state index in [0.717, 1.165) is 10.9 Å². The second-order valence-corrected chi connectivity index (χ2v) is 8.33. The molecule has 0 fully saturated rings. The maximum Gasteiger partial charge on any atom is 0.282 e. The van der Waals surface area contributed by atoms with Crippen molar-refractivity contribution in [2.75, 3.05) is 13.2 Å². The standard InChI is InChI=1S/C23H22BrClN4O3/c1-4-14(3)22-28-19-7-6-16(24)12-17(19)23(30)29(22)27-13-15-10-18(25)21(32-9-8-26)20(11-15)31-5-2/h6-7,10-14H,4-5,9H2,1-3H3/t14-/m1/s1. The quantitative estimate of drug-likeness (QED) is 0.368. The zero-order valence-electron chi connectivity index (χ0n) is 17.9. The van der Waals surface area contributed by atoms with E-state index in [1.54, 1.807) is 18.2 Å². The molecule has 0 amide bonds. The maximum atomic E-state index is 13.2. The molecule has 0 radical (unpaired) electrons. The summed E-state index contributed by atoms with van der Waals surface area (Å²) in [6, 6.07) is 10.7. The normalized spacial score (nSPS) is 12.1. The predicted octanol–water partition coefficient (Wildman–Crippen LogP) is 5.51. The molecule has 166 valence electrons. The van der Waals surface area contributed by atoms with Crippen molar-refractivity contribution < 1.29 is 9.47 Å².